The van der Waals surface area contributed by atoms with Crippen LogP contribution in [0.25, 0.3) is 0 Å². The number of aromatic carboxylic acids is 1. The minimum Gasteiger partial charge on any atom is -0.492 e. The van der Waals surface area contributed by atoms with Crippen molar-refractivity contribution in [2.45, 2.75) is 31.8 Å². The van der Waals surface area contributed by atoms with E-state index in [1.807, 2.05) is 0 Å². The number of hydrogen-bond acceptors (Lipinski definition) is 4. The number of benzene rings is 1. The van der Waals surface area contributed by atoms with Crippen LogP contribution in [-0.4, -0.2) is 54.8 Å². The van der Waals surface area contributed by atoms with E-state index in [-0.39, 0.29) is 5.56 Å². The van der Waals surface area contributed by atoms with Crippen molar-refractivity contribution in [3.63, 3.8) is 0 Å². The predicted molar refractivity (Wildman–Crippen MR) is 82.0 cm³/mol. The molecular formula is C16H24N2O3. The molecule has 0 amide bonds. The van der Waals surface area contributed by atoms with Crippen LogP contribution < -0.4 is 10.1 Å². The van der Waals surface area contributed by atoms with Crippen LogP contribution in [0.2, 0.25) is 0 Å². The van der Waals surface area contributed by atoms with E-state index in [9.17, 15) is 4.79 Å². The number of rotatable bonds is 6. The quantitative estimate of drug-likeness (QED) is 0.783. The van der Waals surface area contributed by atoms with E-state index >= 15 is 0 Å². The minimum atomic E-state index is -0.932. The molecule has 0 saturated carbocycles. The molecule has 0 spiro atoms. The van der Waals surface area contributed by atoms with Crippen LogP contribution in [0, 0.1) is 0 Å². The molecule has 1 aromatic rings. The fraction of sp³-hybridized carbons (Fsp3) is 0.562. The third kappa shape index (κ3) is 4.72. The van der Waals surface area contributed by atoms with E-state index in [4.69, 9.17) is 9.84 Å². The highest BCUT2D eigenvalue weighted by Gasteiger charge is 2.21. The smallest absolute Gasteiger partial charge is 0.335 e. The molecule has 21 heavy (non-hydrogen) atoms. The molecule has 5 heteroatoms. The molecule has 2 rings (SSSR count). The van der Waals surface area contributed by atoms with Gasteiger partial charge in [-0.3, -0.25) is 0 Å². The number of nitrogens with one attached hydrogen (secondary N) is 1. The summed E-state index contributed by atoms with van der Waals surface area (Å²) in [6.45, 7) is 4.70. The Hall–Kier alpha value is -1.59. The van der Waals surface area contributed by atoms with Crippen molar-refractivity contribution in [2.75, 3.05) is 26.7 Å². The van der Waals surface area contributed by atoms with Gasteiger partial charge in [-0.05, 0) is 51.6 Å². The van der Waals surface area contributed by atoms with Gasteiger partial charge in [0, 0.05) is 18.6 Å². The third-order valence-electron chi connectivity index (χ3n) is 4.09. The van der Waals surface area contributed by atoms with Crippen molar-refractivity contribution in [1.82, 2.24) is 10.2 Å². The number of carbonyl (C=O) groups is 1. The van der Waals surface area contributed by atoms with E-state index < -0.39 is 5.97 Å². The molecule has 1 aromatic carbocycles. The third-order valence-corrected chi connectivity index (χ3v) is 4.09. The van der Waals surface area contributed by atoms with E-state index in [2.05, 4.69) is 24.2 Å². The fourth-order valence-electron chi connectivity index (χ4n) is 2.63. The van der Waals surface area contributed by atoms with Gasteiger partial charge >= 0.3 is 5.97 Å². The molecule has 0 bridgehead atoms. The molecule has 116 valence electrons. The first-order chi connectivity index (χ1) is 10.1. The van der Waals surface area contributed by atoms with Crippen molar-refractivity contribution in [3.05, 3.63) is 29.8 Å². The molecule has 0 radical (unpaired) electrons. The second-order valence-electron chi connectivity index (χ2n) is 5.69. The predicted octanol–water partition coefficient (Wildman–Crippen LogP) is 1.84. The van der Waals surface area contributed by atoms with Crippen molar-refractivity contribution in [3.8, 4) is 5.75 Å². The average molecular weight is 292 g/mol. The summed E-state index contributed by atoms with van der Waals surface area (Å²) in [5.41, 5.74) is 0.254. The van der Waals surface area contributed by atoms with E-state index in [1.165, 1.54) is 0 Å². The van der Waals surface area contributed by atoms with Crippen molar-refractivity contribution in [2.24, 2.45) is 0 Å². The lowest BCUT2D eigenvalue weighted by atomic mass is 9.99. The minimum absolute atomic E-state index is 0.254. The highest BCUT2D eigenvalue weighted by molar-refractivity contribution is 5.87. The molecule has 1 heterocycles. The maximum Gasteiger partial charge on any atom is 0.335 e. The molecule has 2 unspecified atom stereocenters. The largest absolute Gasteiger partial charge is 0.492 e. The van der Waals surface area contributed by atoms with Crippen molar-refractivity contribution < 1.29 is 14.6 Å². The number of nitrogens with zero attached hydrogens (tertiary/aromatic N) is 1. The number of carboxylic acid groups (broad SMARTS) is 1. The van der Waals surface area contributed by atoms with E-state index in [0.717, 1.165) is 25.9 Å². The van der Waals surface area contributed by atoms with Gasteiger partial charge in [0.15, 0.2) is 0 Å². The molecule has 1 aliphatic rings. The summed E-state index contributed by atoms with van der Waals surface area (Å²) >= 11 is 0. The standard InChI is InChI=1S/C16H24N2O3/c1-12-10-14(6-8-18(12)2)17-7-9-21-15-5-3-4-13(11-15)16(19)20/h3-5,11-12,14,17H,6-10H2,1-2H3,(H,19,20). The van der Waals surface area contributed by atoms with Crippen LogP contribution in [0.3, 0.4) is 0 Å². The first kappa shape index (κ1) is 15.8. The van der Waals surface area contributed by atoms with E-state index in [0.29, 0.717) is 24.4 Å². The van der Waals surface area contributed by atoms with Crippen molar-refractivity contribution >= 4 is 5.97 Å². The van der Waals surface area contributed by atoms with Crippen LogP contribution in [-0.2, 0) is 0 Å². The van der Waals surface area contributed by atoms with Gasteiger partial charge < -0.3 is 20.1 Å². The molecule has 0 aromatic heterocycles. The molecule has 1 saturated heterocycles. The van der Waals surface area contributed by atoms with Gasteiger partial charge in [-0.25, -0.2) is 4.79 Å². The Morgan fingerprint density at radius 2 is 2.33 bits per heavy atom. The molecule has 1 aliphatic heterocycles. The summed E-state index contributed by atoms with van der Waals surface area (Å²) in [5, 5.41) is 12.4. The Bertz CT molecular complexity index is 478. The number of carboxylic acids is 1. The summed E-state index contributed by atoms with van der Waals surface area (Å²) in [7, 11) is 2.17. The molecule has 1 fully saturated rings. The van der Waals surface area contributed by atoms with Crippen LogP contribution in [0.5, 0.6) is 5.75 Å². The normalized spacial score (nSPS) is 23.0. The molecule has 5 nitrogen and oxygen atoms in total. The second-order valence-corrected chi connectivity index (χ2v) is 5.69. The topological polar surface area (TPSA) is 61.8 Å². The van der Waals surface area contributed by atoms with Gasteiger partial charge in [0.1, 0.15) is 12.4 Å². The Morgan fingerprint density at radius 1 is 1.52 bits per heavy atom. The monoisotopic (exact) mass is 292 g/mol. The fourth-order valence-corrected chi connectivity index (χ4v) is 2.63. The number of ether oxygens (including phenoxy) is 1. The van der Waals surface area contributed by atoms with Crippen LogP contribution >= 0.6 is 0 Å². The lowest BCUT2D eigenvalue weighted by molar-refractivity contribution is 0.0696. The Kier molecular flexibility index (Phi) is 5.59. The first-order valence-electron chi connectivity index (χ1n) is 7.46. The van der Waals surface area contributed by atoms with Crippen LogP contribution in [0.1, 0.15) is 30.1 Å². The summed E-state index contributed by atoms with van der Waals surface area (Å²) in [4.78, 5) is 13.3. The zero-order chi connectivity index (χ0) is 15.2. The zero-order valence-corrected chi connectivity index (χ0v) is 12.7. The van der Waals surface area contributed by atoms with Crippen LogP contribution in [0.4, 0.5) is 0 Å². The maximum atomic E-state index is 10.9. The highest BCUT2D eigenvalue weighted by atomic mass is 16.5. The van der Waals surface area contributed by atoms with Gasteiger partial charge in [-0.15, -0.1) is 0 Å². The number of piperidine rings is 1. The second kappa shape index (κ2) is 7.43. The molecule has 2 atom stereocenters. The summed E-state index contributed by atoms with van der Waals surface area (Å²) in [6.07, 6.45) is 2.32. The summed E-state index contributed by atoms with van der Waals surface area (Å²) in [5.74, 6) is -0.327. The Balaban J connectivity index is 1.70. The summed E-state index contributed by atoms with van der Waals surface area (Å²) < 4.78 is 5.60. The Labute approximate surface area is 125 Å². The molecular weight excluding hydrogens is 268 g/mol. The summed E-state index contributed by atoms with van der Waals surface area (Å²) in [6, 6.07) is 7.76. The van der Waals surface area contributed by atoms with Crippen LogP contribution in [0.15, 0.2) is 24.3 Å². The zero-order valence-electron chi connectivity index (χ0n) is 12.7. The lowest BCUT2D eigenvalue weighted by Crippen LogP contribution is -2.46. The number of hydrogen-bond donors (Lipinski definition) is 2. The highest BCUT2D eigenvalue weighted by Crippen LogP contribution is 2.15. The SMILES string of the molecule is CC1CC(NCCOc2cccc(C(=O)O)c2)CCN1C. The van der Waals surface area contributed by atoms with Gasteiger partial charge in [0.05, 0.1) is 5.56 Å². The average Bonchev–Trinajstić information content (AvgIpc) is 2.47. The van der Waals surface area contributed by atoms with Gasteiger partial charge in [-0.1, -0.05) is 6.07 Å². The van der Waals surface area contributed by atoms with Gasteiger partial charge in [-0.2, -0.15) is 0 Å². The molecule has 0 aliphatic carbocycles. The van der Waals surface area contributed by atoms with Gasteiger partial charge in [0.25, 0.3) is 0 Å². The van der Waals surface area contributed by atoms with Crippen molar-refractivity contribution in [1.29, 1.82) is 0 Å². The maximum absolute atomic E-state index is 10.9. The number of likely N-dealkylation sites (tertiary alicyclic amines) is 1. The van der Waals surface area contributed by atoms with E-state index in [1.54, 1.807) is 24.3 Å². The Morgan fingerprint density at radius 3 is 3.05 bits per heavy atom. The first-order valence-corrected chi connectivity index (χ1v) is 7.46. The molecule has 2 N–H and O–H groups in total. The lowest BCUT2D eigenvalue weighted by Gasteiger charge is -2.35. The van der Waals surface area contributed by atoms with Gasteiger partial charge in [0.2, 0.25) is 0 Å².